The third-order valence-electron chi connectivity index (χ3n) is 2.49. The molecule has 2 nitrogen and oxygen atoms in total. The van der Waals surface area contributed by atoms with Gasteiger partial charge in [-0.15, -0.1) is 0 Å². The summed E-state index contributed by atoms with van der Waals surface area (Å²) >= 11 is 0. The van der Waals surface area contributed by atoms with Gasteiger partial charge in [0.2, 0.25) is 0 Å². The molecule has 0 unspecified atom stereocenters. The van der Waals surface area contributed by atoms with E-state index in [0.29, 0.717) is 6.54 Å². The number of hydrogen-bond acceptors (Lipinski definition) is 1. The molecule has 0 radical (unpaired) electrons. The molecule has 13 heavy (non-hydrogen) atoms. The molecular weight excluding hydrogens is 160 g/mol. The Kier molecular flexibility index (Phi) is 1.85. The van der Waals surface area contributed by atoms with Crippen LogP contribution in [0, 0.1) is 6.92 Å². The van der Waals surface area contributed by atoms with Crippen LogP contribution in [0.4, 0.5) is 0 Å². The van der Waals surface area contributed by atoms with E-state index in [9.17, 15) is 0 Å². The molecule has 0 saturated heterocycles. The Balaban J connectivity index is 2.76. The van der Waals surface area contributed by atoms with Gasteiger partial charge in [0, 0.05) is 30.7 Å². The minimum Gasteiger partial charge on any atom is -0.350 e. The molecule has 0 aliphatic rings. The molecule has 1 heterocycles. The molecule has 0 amide bonds. The van der Waals surface area contributed by atoms with Crippen LogP contribution in [0.3, 0.4) is 0 Å². The number of rotatable bonds is 1. The van der Waals surface area contributed by atoms with E-state index < -0.39 is 0 Å². The summed E-state index contributed by atoms with van der Waals surface area (Å²) in [6.45, 7) is 2.74. The minimum absolute atomic E-state index is 0.615. The lowest BCUT2D eigenvalue weighted by molar-refractivity contribution is 0.963. The molecule has 68 valence electrons. The van der Waals surface area contributed by atoms with Crippen molar-refractivity contribution in [2.24, 2.45) is 12.8 Å². The topological polar surface area (TPSA) is 30.9 Å². The minimum atomic E-state index is 0.615. The third-order valence-corrected chi connectivity index (χ3v) is 2.49. The van der Waals surface area contributed by atoms with Crippen molar-refractivity contribution < 1.29 is 0 Å². The normalized spacial score (nSPS) is 11.0. The molecule has 2 rings (SSSR count). The lowest BCUT2D eigenvalue weighted by atomic mass is 10.1. The maximum absolute atomic E-state index is 5.59. The van der Waals surface area contributed by atoms with Crippen molar-refractivity contribution in [2.75, 3.05) is 0 Å². The number of fused-ring (bicyclic) bond motifs is 1. The second kappa shape index (κ2) is 2.89. The molecule has 2 heteroatoms. The summed E-state index contributed by atoms with van der Waals surface area (Å²) in [6, 6.07) is 6.39. The number of aromatic nitrogens is 1. The van der Waals surface area contributed by atoms with Gasteiger partial charge in [-0.2, -0.15) is 0 Å². The van der Waals surface area contributed by atoms with Gasteiger partial charge in [-0.05, 0) is 30.2 Å². The van der Waals surface area contributed by atoms with E-state index in [1.807, 2.05) is 0 Å². The van der Waals surface area contributed by atoms with Crippen LogP contribution in [0.2, 0.25) is 0 Å². The lowest BCUT2D eigenvalue weighted by Crippen LogP contribution is -1.95. The van der Waals surface area contributed by atoms with Gasteiger partial charge in [0.25, 0.3) is 0 Å². The molecule has 0 atom stereocenters. The summed E-state index contributed by atoms with van der Waals surface area (Å²) in [5.41, 5.74) is 9.37. The number of hydrogen-bond donors (Lipinski definition) is 1. The molecule has 1 aromatic carbocycles. The first-order valence-electron chi connectivity index (χ1n) is 4.47. The van der Waals surface area contributed by atoms with Crippen molar-refractivity contribution in [1.82, 2.24) is 4.57 Å². The summed E-state index contributed by atoms with van der Waals surface area (Å²) in [5, 5.41) is 1.31. The average Bonchev–Trinajstić information content (AvgIpc) is 2.42. The van der Waals surface area contributed by atoms with Crippen molar-refractivity contribution >= 4 is 10.9 Å². The van der Waals surface area contributed by atoms with E-state index >= 15 is 0 Å². The van der Waals surface area contributed by atoms with E-state index in [0.717, 1.165) is 0 Å². The zero-order chi connectivity index (χ0) is 9.42. The SMILES string of the molecule is Cc1cn(C)c2ccc(CN)cc12. The van der Waals surface area contributed by atoms with Crippen LogP contribution in [0.15, 0.2) is 24.4 Å². The monoisotopic (exact) mass is 174 g/mol. The molecular formula is C11H14N2. The number of aryl methyl sites for hydroxylation is 2. The summed E-state index contributed by atoms with van der Waals surface area (Å²) in [7, 11) is 2.07. The molecule has 2 aromatic rings. The zero-order valence-electron chi connectivity index (χ0n) is 8.04. The Morgan fingerprint density at radius 3 is 2.85 bits per heavy atom. The van der Waals surface area contributed by atoms with Crippen molar-refractivity contribution in [3.05, 3.63) is 35.5 Å². The van der Waals surface area contributed by atoms with Crippen LogP contribution in [-0.4, -0.2) is 4.57 Å². The van der Waals surface area contributed by atoms with Gasteiger partial charge in [-0.25, -0.2) is 0 Å². The predicted octanol–water partition coefficient (Wildman–Crippen LogP) is 1.95. The van der Waals surface area contributed by atoms with Gasteiger partial charge in [-0.1, -0.05) is 6.07 Å². The fourth-order valence-corrected chi connectivity index (χ4v) is 1.76. The zero-order valence-corrected chi connectivity index (χ0v) is 8.04. The first kappa shape index (κ1) is 8.32. The molecule has 0 fully saturated rings. The summed E-state index contributed by atoms with van der Waals surface area (Å²) in [4.78, 5) is 0. The van der Waals surface area contributed by atoms with Crippen LogP contribution in [0.1, 0.15) is 11.1 Å². The maximum atomic E-state index is 5.59. The van der Waals surface area contributed by atoms with Gasteiger partial charge in [0.1, 0.15) is 0 Å². The van der Waals surface area contributed by atoms with Crippen molar-refractivity contribution in [2.45, 2.75) is 13.5 Å². The van der Waals surface area contributed by atoms with Gasteiger partial charge in [0.15, 0.2) is 0 Å². The highest BCUT2D eigenvalue weighted by Crippen LogP contribution is 2.20. The Morgan fingerprint density at radius 2 is 2.15 bits per heavy atom. The standard InChI is InChI=1S/C11H14N2/c1-8-7-13(2)11-4-3-9(6-12)5-10(8)11/h3-5,7H,6,12H2,1-2H3. The van der Waals surface area contributed by atoms with Crippen LogP contribution in [0.5, 0.6) is 0 Å². The largest absolute Gasteiger partial charge is 0.350 e. The van der Waals surface area contributed by atoms with Crippen LogP contribution < -0.4 is 5.73 Å². The molecule has 0 bridgehead atoms. The van der Waals surface area contributed by atoms with Crippen LogP contribution >= 0.6 is 0 Å². The lowest BCUT2D eigenvalue weighted by Gasteiger charge is -1.99. The van der Waals surface area contributed by atoms with E-state index in [2.05, 4.69) is 42.9 Å². The molecule has 0 spiro atoms. The molecule has 0 aliphatic carbocycles. The second-order valence-electron chi connectivity index (χ2n) is 3.48. The van der Waals surface area contributed by atoms with Crippen LogP contribution in [0.25, 0.3) is 10.9 Å². The summed E-state index contributed by atoms with van der Waals surface area (Å²) in [6.07, 6.45) is 2.14. The van der Waals surface area contributed by atoms with Crippen molar-refractivity contribution in [3.8, 4) is 0 Å². The maximum Gasteiger partial charge on any atom is 0.0480 e. The van der Waals surface area contributed by atoms with E-state index in [1.165, 1.54) is 22.0 Å². The molecule has 0 saturated carbocycles. The van der Waals surface area contributed by atoms with Gasteiger partial charge in [0.05, 0.1) is 0 Å². The van der Waals surface area contributed by atoms with E-state index in [-0.39, 0.29) is 0 Å². The van der Waals surface area contributed by atoms with Gasteiger partial charge < -0.3 is 10.3 Å². The Hall–Kier alpha value is -1.28. The van der Waals surface area contributed by atoms with Crippen molar-refractivity contribution in [3.63, 3.8) is 0 Å². The first-order valence-corrected chi connectivity index (χ1v) is 4.47. The highest BCUT2D eigenvalue weighted by Gasteiger charge is 2.02. The number of nitrogens with zero attached hydrogens (tertiary/aromatic N) is 1. The Bertz CT molecular complexity index is 441. The highest BCUT2D eigenvalue weighted by molar-refractivity contribution is 5.84. The summed E-state index contributed by atoms with van der Waals surface area (Å²) < 4.78 is 2.14. The predicted molar refractivity (Wildman–Crippen MR) is 55.5 cm³/mol. The quantitative estimate of drug-likeness (QED) is 0.703. The Labute approximate surface area is 78.0 Å². The van der Waals surface area contributed by atoms with Gasteiger partial charge in [-0.3, -0.25) is 0 Å². The smallest absolute Gasteiger partial charge is 0.0480 e. The Morgan fingerprint density at radius 1 is 1.38 bits per heavy atom. The van der Waals surface area contributed by atoms with Crippen LogP contribution in [-0.2, 0) is 13.6 Å². The molecule has 1 aromatic heterocycles. The average molecular weight is 174 g/mol. The van der Waals surface area contributed by atoms with Gasteiger partial charge >= 0.3 is 0 Å². The second-order valence-corrected chi connectivity index (χ2v) is 3.48. The van der Waals surface area contributed by atoms with E-state index in [1.54, 1.807) is 0 Å². The summed E-state index contributed by atoms with van der Waals surface area (Å²) in [5.74, 6) is 0. The molecule has 2 N–H and O–H groups in total. The molecule has 0 aliphatic heterocycles. The fourth-order valence-electron chi connectivity index (χ4n) is 1.76. The number of benzene rings is 1. The third kappa shape index (κ3) is 1.23. The first-order chi connectivity index (χ1) is 6.22. The van der Waals surface area contributed by atoms with E-state index in [4.69, 9.17) is 5.73 Å². The number of nitrogens with two attached hydrogens (primary N) is 1. The van der Waals surface area contributed by atoms with Crippen molar-refractivity contribution in [1.29, 1.82) is 0 Å². The highest BCUT2D eigenvalue weighted by atomic mass is 14.9. The fraction of sp³-hybridized carbons (Fsp3) is 0.273.